The molecule has 0 unspecified atom stereocenters. The van der Waals surface area contributed by atoms with Crippen molar-refractivity contribution in [1.82, 2.24) is 10.2 Å². The lowest BCUT2D eigenvalue weighted by molar-refractivity contribution is -0.140. The van der Waals surface area contributed by atoms with Gasteiger partial charge >= 0.3 is 0 Å². The number of hydrogen-bond acceptors (Lipinski definition) is 4. The molecule has 180 valence electrons. The number of anilines is 1. The summed E-state index contributed by atoms with van der Waals surface area (Å²) in [6.45, 7) is 5.76. The van der Waals surface area contributed by atoms with Crippen LogP contribution in [0.2, 0.25) is 5.02 Å². The van der Waals surface area contributed by atoms with E-state index in [2.05, 4.69) is 5.32 Å². The predicted octanol–water partition coefficient (Wildman–Crippen LogP) is 3.75. The Labute approximate surface area is 201 Å². The van der Waals surface area contributed by atoms with Crippen molar-refractivity contribution >= 4 is 39.1 Å². The third-order valence-electron chi connectivity index (χ3n) is 5.20. The minimum Gasteiger partial charge on any atom is -0.354 e. The van der Waals surface area contributed by atoms with Crippen molar-refractivity contribution in [2.75, 3.05) is 23.7 Å². The fourth-order valence-corrected chi connectivity index (χ4v) is 4.53. The average Bonchev–Trinajstić information content (AvgIpc) is 2.76. The zero-order valence-corrected chi connectivity index (χ0v) is 21.1. The largest absolute Gasteiger partial charge is 0.354 e. The lowest BCUT2D eigenvalue weighted by atomic mass is 10.1. The first-order chi connectivity index (χ1) is 15.6. The van der Waals surface area contributed by atoms with Crippen molar-refractivity contribution in [3.05, 3.63) is 64.7 Å². The van der Waals surface area contributed by atoms with Gasteiger partial charge in [-0.05, 0) is 49.1 Å². The maximum atomic E-state index is 13.5. The number of aryl methyl sites for hydroxylation is 1. The number of hydrogen-bond donors (Lipinski definition) is 1. The van der Waals surface area contributed by atoms with E-state index < -0.39 is 28.5 Å². The second-order valence-corrected chi connectivity index (χ2v) is 10.3. The van der Waals surface area contributed by atoms with Crippen LogP contribution in [0.25, 0.3) is 0 Å². The third-order valence-corrected chi connectivity index (χ3v) is 6.71. The molecule has 2 amide bonds. The van der Waals surface area contributed by atoms with E-state index in [4.69, 9.17) is 11.6 Å². The lowest BCUT2D eigenvalue weighted by Crippen LogP contribution is -2.52. The first-order valence-corrected chi connectivity index (χ1v) is 13.2. The minimum absolute atomic E-state index is 0.0853. The van der Waals surface area contributed by atoms with E-state index in [0.717, 1.165) is 22.5 Å². The Morgan fingerprint density at radius 1 is 1.09 bits per heavy atom. The normalized spacial score (nSPS) is 12.2. The molecule has 2 aromatic rings. The van der Waals surface area contributed by atoms with Crippen LogP contribution in [0.5, 0.6) is 0 Å². The van der Waals surface area contributed by atoms with E-state index in [9.17, 15) is 18.0 Å². The van der Waals surface area contributed by atoms with Gasteiger partial charge in [0.2, 0.25) is 21.8 Å². The highest BCUT2D eigenvalue weighted by Crippen LogP contribution is 2.22. The van der Waals surface area contributed by atoms with Gasteiger partial charge in [-0.25, -0.2) is 8.42 Å². The SMILES string of the molecule is CCCNC(=O)[C@@H](CC)N(Cc1ccccc1Cl)C(=O)CN(c1cccc(C)c1)S(C)(=O)=O. The molecule has 1 atom stereocenters. The van der Waals surface area contributed by atoms with Gasteiger partial charge in [0.1, 0.15) is 12.6 Å². The van der Waals surface area contributed by atoms with E-state index in [1.165, 1.54) is 4.90 Å². The average molecular weight is 494 g/mol. The Morgan fingerprint density at radius 3 is 2.36 bits per heavy atom. The van der Waals surface area contributed by atoms with Crippen molar-refractivity contribution in [2.45, 2.75) is 46.2 Å². The molecule has 0 radical (unpaired) electrons. The summed E-state index contributed by atoms with van der Waals surface area (Å²) in [4.78, 5) is 27.8. The summed E-state index contributed by atoms with van der Waals surface area (Å²) in [5.74, 6) is -0.762. The van der Waals surface area contributed by atoms with Crippen LogP contribution in [-0.2, 0) is 26.2 Å². The number of nitrogens with one attached hydrogen (secondary N) is 1. The second-order valence-electron chi connectivity index (χ2n) is 7.94. The standard InChI is InChI=1S/C24H32ClN3O4S/c1-5-14-26-24(30)22(6-2)27(16-19-11-7-8-13-21(19)25)23(29)17-28(33(4,31)32)20-12-9-10-18(3)15-20/h7-13,15,22H,5-6,14,16-17H2,1-4H3,(H,26,30)/t22-/m1/s1. The number of rotatable bonds is 11. The van der Waals surface area contributed by atoms with E-state index in [0.29, 0.717) is 29.2 Å². The molecule has 0 saturated carbocycles. The van der Waals surface area contributed by atoms with E-state index in [-0.39, 0.29) is 12.5 Å². The third kappa shape index (κ3) is 7.47. The molecule has 2 aromatic carbocycles. The molecule has 33 heavy (non-hydrogen) atoms. The Kier molecular flexibility index (Phi) is 9.73. The van der Waals surface area contributed by atoms with Crippen molar-refractivity contribution < 1.29 is 18.0 Å². The van der Waals surface area contributed by atoms with Crippen LogP contribution >= 0.6 is 11.6 Å². The molecule has 0 aliphatic heterocycles. The molecular weight excluding hydrogens is 462 g/mol. The van der Waals surface area contributed by atoms with Crippen LogP contribution in [0.3, 0.4) is 0 Å². The summed E-state index contributed by atoms with van der Waals surface area (Å²) in [5, 5.41) is 3.31. The number of carbonyl (C=O) groups is 2. The monoisotopic (exact) mass is 493 g/mol. The number of halogens is 1. The molecule has 0 heterocycles. The lowest BCUT2D eigenvalue weighted by Gasteiger charge is -2.33. The second kappa shape index (κ2) is 12.0. The highest BCUT2D eigenvalue weighted by Gasteiger charge is 2.31. The van der Waals surface area contributed by atoms with Crippen LogP contribution in [0, 0.1) is 6.92 Å². The molecule has 0 spiro atoms. The molecule has 0 fully saturated rings. The molecule has 0 aliphatic carbocycles. The molecule has 1 N–H and O–H groups in total. The molecule has 0 saturated heterocycles. The molecule has 0 bridgehead atoms. The fraction of sp³-hybridized carbons (Fsp3) is 0.417. The van der Waals surface area contributed by atoms with Gasteiger partial charge in [0.05, 0.1) is 11.9 Å². The first-order valence-electron chi connectivity index (χ1n) is 10.9. The zero-order valence-electron chi connectivity index (χ0n) is 19.5. The quantitative estimate of drug-likeness (QED) is 0.516. The highest BCUT2D eigenvalue weighted by molar-refractivity contribution is 7.92. The summed E-state index contributed by atoms with van der Waals surface area (Å²) in [5.41, 5.74) is 1.94. The summed E-state index contributed by atoms with van der Waals surface area (Å²) in [6, 6.07) is 13.3. The maximum Gasteiger partial charge on any atom is 0.244 e. The van der Waals surface area contributed by atoms with Crippen molar-refractivity contribution in [3.63, 3.8) is 0 Å². The molecule has 0 aromatic heterocycles. The van der Waals surface area contributed by atoms with Crippen LogP contribution in [0.4, 0.5) is 5.69 Å². The van der Waals surface area contributed by atoms with Crippen molar-refractivity contribution in [1.29, 1.82) is 0 Å². The van der Waals surface area contributed by atoms with Crippen molar-refractivity contribution in [2.24, 2.45) is 0 Å². The van der Waals surface area contributed by atoms with Crippen molar-refractivity contribution in [3.8, 4) is 0 Å². The summed E-state index contributed by atoms with van der Waals surface area (Å²) in [6.07, 6.45) is 2.19. The highest BCUT2D eigenvalue weighted by atomic mass is 35.5. The number of benzene rings is 2. The van der Waals surface area contributed by atoms with Gasteiger partial charge < -0.3 is 10.2 Å². The fourth-order valence-electron chi connectivity index (χ4n) is 3.49. The Balaban J connectivity index is 2.44. The molecule has 7 nitrogen and oxygen atoms in total. The number of carbonyl (C=O) groups excluding carboxylic acids is 2. The predicted molar refractivity (Wildman–Crippen MR) is 133 cm³/mol. The van der Waals surface area contributed by atoms with Gasteiger partial charge in [0.15, 0.2) is 0 Å². The summed E-state index contributed by atoms with van der Waals surface area (Å²) in [7, 11) is -3.75. The van der Waals surface area contributed by atoms with Gasteiger partial charge in [-0.3, -0.25) is 13.9 Å². The maximum absolute atomic E-state index is 13.5. The topological polar surface area (TPSA) is 86.8 Å². The smallest absolute Gasteiger partial charge is 0.244 e. The molecule has 9 heteroatoms. The van der Waals surface area contributed by atoms with Crippen LogP contribution in [0.15, 0.2) is 48.5 Å². The Hall–Kier alpha value is -2.58. The van der Waals surface area contributed by atoms with Crippen LogP contribution < -0.4 is 9.62 Å². The molecule has 0 aliphatic rings. The number of amides is 2. The zero-order chi connectivity index (χ0) is 24.6. The van der Waals surface area contributed by atoms with Gasteiger partial charge in [0, 0.05) is 18.1 Å². The minimum atomic E-state index is -3.75. The Bertz CT molecular complexity index is 1070. The number of nitrogens with zero attached hydrogens (tertiary/aromatic N) is 2. The summed E-state index contributed by atoms with van der Waals surface area (Å²) < 4.78 is 26.2. The first kappa shape index (κ1) is 26.7. The van der Waals surface area contributed by atoms with Gasteiger partial charge in [-0.1, -0.05) is 55.8 Å². The van der Waals surface area contributed by atoms with Gasteiger partial charge in [-0.2, -0.15) is 0 Å². The summed E-state index contributed by atoms with van der Waals surface area (Å²) >= 11 is 6.33. The molecule has 2 rings (SSSR count). The van der Waals surface area contributed by atoms with E-state index in [1.54, 1.807) is 42.5 Å². The van der Waals surface area contributed by atoms with Crippen LogP contribution in [-0.4, -0.2) is 50.5 Å². The Morgan fingerprint density at radius 2 is 1.79 bits per heavy atom. The van der Waals surface area contributed by atoms with Gasteiger partial charge in [0.25, 0.3) is 0 Å². The molecular formula is C24H32ClN3O4S. The van der Waals surface area contributed by atoms with E-state index >= 15 is 0 Å². The number of sulfonamides is 1. The van der Waals surface area contributed by atoms with Crippen LogP contribution in [0.1, 0.15) is 37.8 Å². The van der Waals surface area contributed by atoms with Gasteiger partial charge in [-0.15, -0.1) is 0 Å². The van der Waals surface area contributed by atoms with E-state index in [1.807, 2.05) is 26.8 Å².